The number of halogens is 1. The smallest absolute Gasteiger partial charge is 0.0769 e. The van der Waals surface area contributed by atoms with Gasteiger partial charge in [0, 0.05) is 12.1 Å². The van der Waals surface area contributed by atoms with Crippen molar-refractivity contribution in [2.45, 2.75) is 44.1 Å². The number of rotatable bonds is 2. The van der Waals surface area contributed by atoms with Crippen molar-refractivity contribution in [3.05, 3.63) is 35.4 Å². The molecule has 1 aliphatic rings. The first kappa shape index (κ1) is 11.0. The second-order valence-corrected chi connectivity index (χ2v) is 4.71. The number of benzene rings is 1. The van der Waals surface area contributed by atoms with Crippen LogP contribution in [-0.2, 0) is 6.54 Å². The molecule has 0 amide bonds. The van der Waals surface area contributed by atoms with Crippen molar-refractivity contribution in [2.75, 3.05) is 0 Å². The zero-order chi connectivity index (χ0) is 10.9. The summed E-state index contributed by atoms with van der Waals surface area (Å²) in [6, 6.07) is 8.48. The van der Waals surface area contributed by atoms with Crippen LogP contribution in [0.25, 0.3) is 0 Å². The average Bonchev–Trinajstić information content (AvgIpc) is 2.31. The van der Waals surface area contributed by atoms with Crippen LogP contribution >= 0.6 is 11.6 Å². The highest BCUT2D eigenvalue weighted by Gasteiger charge is 2.38. The molecule has 0 aliphatic carbocycles. The van der Waals surface area contributed by atoms with Gasteiger partial charge in [0.25, 0.3) is 0 Å². The molecular weight excluding hydrogens is 206 g/mol. The first-order valence-electron chi connectivity index (χ1n) is 5.70. The minimum Gasteiger partial charge on any atom is -0.305 e. The highest BCUT2D eigenvalue weighted by atomic mass is 35.5. The number of fused-ring (bicyclic) bond motifs is 1. The Morgan fingerprint density at radius 2 is 2.00 bits per heavy atom. The Balaban J connectivity index is 2.40. The van der Waals surface area contributed by atoms with Gasteiger partial charge < -0.3 is 5.32 Å². The largest absolute Gasteiger partial charge is 0.305 e. The standard InChI is InChI=1S/C13H18ClN/c1-3-13(4-2)12(14)11-8-6-5-7-10(11)9-15-13/h5-8,12,15H,3-4,9H2,1-2H3. The van der Waals surface area contributed by atoms with E-state index in [4.69, 9.17) is 11.6 Å². The third-order valence-electron chi connectivity index (χ3n) is 3.71. The SMILES string of the molecule is CCC1(CC)NCc2ccccc2C1Cl. The molecule has 1 nitrogen and oxygen atoms in total. The zero-order valence-corrected chi connectivity index (χ0v) is 10.1. The van der Waals surface area contributed by atoms with E-state index in [2.05, 4.69) is 43.4 Å². The predicted molar refractivity (Wildman–Crippen MR) is 65.2 cm³/mol. The van der Waals surface area contributed by atoms with Crippen LogP contribution in [0.5, 0.6) is 0 Å². The summed E-state index contributed by atoms with van der Waals surface area (Å²) < 4.78 is 0. The predicted octanol–water partition coefficient (Wildman–Crippen LogP) is 3.63. The van der Waals surface area contributed by atoms with Gasteiger partial charge in [-0.3, -0.25) is 0 Å². The fourth-order valence-corrected chi connectivity index (χ4v) is 3.06. The lowest BCUT2D eigenvalue weighted by Crippen LogP contribution is -2.50. The Labute approximate surface area is 96.8 Å². The molecule has 1 N–H and O–H groups in total. The summed E-state index contributed by atoms with van der Waals surface area (Å²) in [7, 11) is 0. The summed E-state index contributed by atoms with van der Waals surface area (Å²) in [4.78, 5) is 0. The maximum absolute atomic E-state index is 6.61. The van der Waals surface area contributed by atoms with Crippen molar-refractivity contribution < 1.29 is 0 Å². The average molecular weight is 224 g/mol. The molecule has 2 rings (SSSR count). The number of hydrogen-bond donors (Lipinski definition) is 1. The molecule has 0 saturated carbocycles. The fourth-order valence-electron chi connectivity index (χ4n) is 2.46. The Bertz CT molecular complexity index is 344. The summed E-state index contributed by atoms with van der Waals surface area (Å²) in [5, 5.41) is 3.70. The van der Waals surface area contributed by atoms with Gasteiger partial charge in [0.2, 0.25) is 0 Å². The molecular formula is C13H18ClN. The first-order valence-corrected chi connectivity index (χ1v) is 6.14. The van der Waals surface area contributed by atoms with Crippen molar-refractivity contribution in [1.29, 1.82) is 0 Å². The van der Waals surface area contributed by atoms with E-state index in [1.165, 1.54) is 11.1 Å². The molecule has 82 valence electrons. The van der Waals surface area contributed by atoms with E-state index >= 15 is 0 Å². The van der Waals surface area contributed by atoms with E-state index in [0.717, 1.165) is 19.4 Å². The number of nitrogens with one attached hydrogen (secondary N) is 1. The fraction of sp³-hybridized carbons (Fsp3) is 0.538. The van der Waals surface area contributed by atoms with Gasteiger partial charge in [-0.25, -0.2) is 0 Å². The summed E-state index contributed by atoms with van der Waals surface area (Å²) >= 11 is 6.61. The highest BCUT2D eigenvalue weighted by Crippen LogP contribution is 2.41. The molecule has 15 heavy (non-hydrogen) atoms. The lowest BCUT2D eigenvalue weighted by Gasteiger charge is -2.42. The van der Waals surface area contributed by atoms with Crippen molar-refractivity contribution >= 4 is 11.6 Å². The van der Waals surface area contributed by atoms with Gasteiger partial charge in [0.1, 0.15) is 0 Å². The van der Waals surface area contributed by atoms with E-state index in [9.17, 15) is 0 Å². The first-order chi connectivity index (χ1) is 7.23. The van der Waals surface area contributed by atoms with Gasteiger partial charge in [-0.05, 0) is 24.0 Å². The molecule has 1 aromatic rings. The van der Waals surface area contributed by atoms with Crippen molar-refractivity contribution in [3.63, 3.8) is 0 Å². The molecule has 1 unspecified atom stereocenters. The van der Waals surface area contributed by atoms with Crippen LogP contribution in [0.4, 0.5) is 0 Å². The van der Waals surface area contributed by atoms with E-state index in [1.54, 1.807) is 0 Å². The quantitative estimate of drug-likeness (QED) is 0.756. The van der Waals surface area contributed by atoms with E-state index in [0.29, 0.717) is 0 Å². The van der Waals surface area contributed by atoms with Crippen molar-refractivity contribution in [1.82, 2.24) is 5.32 Å². The van der Waals surface area contributed by atoms with Crippen LogP contribution in [0.3, 0.4) is 0 Å². The Kier molecular flexibility index (Phi) is 3.03. The normalized spacial score (nSPS) is 23.5. The van der Waals surface area contributed by atoms with E-state index < -0.39 is 0 Å². The Morgan fingerprint density at radius 1 is 1.33 bits per heavy atom. The van der Waals surface area contributed by atoms with Crippen LogP contribution in [-0.4, -0.2) is 5.54 Å². The second kappa shape index (κ2) is 4.15. The number of alkyl halides is 1. The molecule has 0 bridgehead atoms. The molecule has 0 fully saturated rings. The molecule has 1 heterocycles. The maximum Gasteiger partial charge on any atom is 0.0769 e. The number of hydrogen-bond acceptors (Lipinski definition) is 1. The monoisotopic (exact) mass is 223 g/mol. The van der Waals surface area contributed by atoms with Crippen LogP contribution in [0.1, 0.15) is 43.2 Å². The van der Waals surface area contributed by atoms with Crippen LogP contribution in [0.2, 0.25) is 0 Å². The molecule has 0 spiro atoms. The van der Waals surface area contributed by atoms with Gasteiger partial charge in [0.15, 0.2) is 0 Å². The van der Waals surface area contributed by atoms with E-state index in [-0.39, 0.29) is 10.9 Å². The minimum atomic E-state index is 0.0793. The van der Waals surface area contributed by atoms with Crippen LogP contribution < -0.4 is 5.32 Å². The summed E-state index contributed by atoms with van der Waals surface area (Å²) in [6.45, 7) is 5.36. The summed E-state index contributed by atoms with van der Waals surface area (Å²) in [5.74, 6) is 0. The third kappa shape index (κ3) is 1.68. The molecule has 1 aliphatic heterocycles. The van der Waals surface area contributed by atoms with Crippen molar-refractivity contribution in [2.24, 2.45) is 0 Å². The molecule has 1 aromatic carbocycles. The molecule has 0 saturated heterocycles. The van der Waals surface area contributed by atoms with Gasteiger partial charge in [-0.15, -0.1) is 11.6 Å². The minimum absolute atomic E-state index is 0.0793. The van der Waals surface area contributed by atoms with Gasteiger partial charge >= 0.3 is 0 Å². The maximum atomic E-state index is 6.61. The van der Waals surface area contributed by atoms with Crippen LogP contribution in [0, 0.1) is 0 Å². The molecule has 2 heteroatoms. The van der Waals surface area contributed by atoms with E-state index in [1.807, 2.05) is 0 Å². The van der Waals surface area contributed by atoms with Gasteiger partial charge in [0.05, 0.1) is 5.38 Å². The zero-order valence-electron chi connectivity index (χ0n) is 9.39. The molecule has 0 radical (unpaired) electrons. The molecule has 1 atom stereocenters. The van der Waals surface area contributed by atoms with Gasteiger partial charge in [-0.2, -0.15) is 0 Å². The lowest BCUT2D eigenvalue weighted by molar-refractivity contribution is 0.270. The topological polar surface area (TPSA) is 12.0 Å². The second-order valence-electron chi connectivity index (χ2n) is 4.28. The van der Waals surface area contributed by atoms with Crippen LogP contribution in [0.15, 0.2) is 24.3 Å². The highest BCUT2D eigenvalue weighted by molar-refractivity contribution is 6.22. The third-order valence-corrected chi connectivity index (χ3v) is 4.36. The lowest BCUT2D eigenvalue weighted by atomic mass is 9.80. The summed E-state index contributed by atoms with van der Waals surface area (Å²) in [6.07, 6.45) is 2.15. The van der Waals surface area contributed by atoms with Crippen molar-refractivity contribution in [3.8, 4) is 0 Å². The Morgan fingerprint density at radius 3 is 2.67 bits per heavy atom. The summed E-state index contributed by atoms with van der Waals surface area (Å²) in [5.41, 5.74) is 2.73. The van der Waals surface area contributed by atoms with Gasteiger partial charge in [-0.1, -0.05) is 38.1 Å². The Hall–Kier alpha value is -0.530. The molecule has 0 aromatic heterocycles.